The van der Waals surface area contributed by atoms with Crippen molar-refractivity contribution in [1.82, 2.24) is 0 Å². The lowest BCUT2D eigenvalue weighted by Crippen LogP contribution is -2.76. The Morgan fingerprint density at radius 2 is 1.00 bits per heavy atom. The first-order valence-corrected chi connectivity index (χ1v) is 7.98. The van der Waals surface area contributed by atoms with Gasteiger partial charge >= 0.3 is 35.9 Å². The second-order valence-electron chi connectivity index (χ2n) is 6.85. The molecule has 0 bridgehead atoms. The Bertz CT molecular complexity index is 566. The molecule has 16 heteroatoms. The second-order valence-corrected chi connectivity index (χ2v) is 6.85. The van der Waals surface area contributed by atoms with Crippen LogP contribution in [0.3, 0.4) is 0 Å². The molecule has 0 rings (SSSR count). The SMILES string of the molecule is C[N+](C)(C(F)CCCCCF)C(F)(F)C(F)(F)C(F)(F)C(F)(F)C(F)(F)C(F)(F)F. The maximum Gasteiger partial charge on any atom is 0.463 e. The van der Waals surface area contributed by atoms with Gasteiger partial charge in [0.1, 0.15) is 0 Å². The average Bonchev–Trinajstić information content (AvgIpc) is 2.56. The average molecular weight is 484 g/mol. The van der Waals surface area contributed by atoms with Crippen LogP contribution < -0.4 is 0 Å². The van der Waals surface area contributed by atoms with E-state index in [1.165, 1.54) is 0 Å². The number of unbranched alkanes of at least 4 members (excludes halogenated alkanes) is 2. The summed E-state index contributed by atoms with van der Waals surface area (Å²) in [5, 5.41) is 0. The summed E-state index contributed by atoms with van der Waals surface area (Å²) in [6.45, 7) is -0.918. The number of halogens is 15. The van der Waals surface area contributed by atoms with E-state index >= 15 is 0 Å². The van der Waals surface area contributed by atoms with E-state index in [9.17, 15) is 65.9 Å². The molecule has 0 aromatic rings. The molecule has 0 aliphatic heterocycles. The molecule has 0 N–H and O–H groups in total. The lowest BCUT2D eigenvalue weighted by Gasteiger charge is -2.45. The number of rotatable bonds is 11. The molecule has 0 radical (unpaired) electrons. The van der Waals surface area contributed by atoms with Crippen LogP contribution in [-0.4, -0.2) is 67.5 Å². The minimum atomic E-state index is -8.03. The maximum absolute atomic E-state index is 14.1. The fourth-order valence-corrected chi connectivity index (χ4v) is 2.21. The van der Waals surface area contributed by atoms with Crippen LogP contribution in [0.15, 0.2) is 0 Å². The first-order valence-electron chi connectivity index (χ1n) is 7.98. The minimum Gasteiger partial charge on any atom is -0.251 e. The van der Waals surface area contributed by atoms with Gasteiger partial charge in [-0.3, -0.25) is 4.39 Å². The summed E-state index contributed by atoms with van der Waals surface area (Å²) in [5.74, 6) is -31.4. The Kier molecular flexibility index (Phi) is 8.14. The number of hydrogen-bond acceptors (Lipinski definition) is 0. The first kappa shape index (κ1) is 28.9. The first-order chi connectivity index (χ1) is 13.0. The molecular formula is C14H17F15N+. The van der Waals surface area contributed by atoms with Gasteiger partial charge < -0.3 is 0 Å². The van der Waals surface area contributed by atoms with Crippen molar-refractivity contribution in [3.8, 4) is 0 Å². The van der Waals surface area contributed by atoms with Crippen LogP contribution in [0.4, 0.5) is 65.9 Å². The summed E-state index contributed by atoms with van der Waals surface area (Å²) < 4.78 is 194. The number of nitrogens with zero attached hydrogens (tertiary/aromatic N) is 1. The quantitative estimate of drug-likeness (QED) is 0.135. The maximum atomic E-state index is 14.1. The number of alkyl halides is 15. The van der Waals surface area contributed by atoms with Crippen LogP contribution in [0.25, 0.3) is 0 Å². The van der Waals surface area contributed by atoms with E-state index in [2.05, 4.69) is 0 Å². The fraction of sp³-hybridized carbons (Fsp3) is 1.00. The molecule has 0 heterocycles. The zero-order valence-electron chi connectivity index (χ0n) is 15.2. The molecule has 1 nitrogen and oxygen atoms in total. The monoisotopic (exact) mass is 484 g/mol. The Balaban J connectivity index is 6.16. The van der Waals surface area contributed by atoms with Crippen molar-refractivity contribution in [2.45, 2.75) is 67.9 Å². The van der Waals surface area contributed by atoms with Gasteiger partial charge in [-0.25, -0.2) is 4.48 Å². The smallest absolute Gasteiger partial charge is 0.251 e. The molecule has 182 valence electrons. The predicted molar refractivity (Wildman–Crippen MR) is 72.2 cm³/mol. The predicted octanol–water partition coefficient (Wildman–Crippen LogP) is 6.58. The van der Waals surface area contributed by atoms with Crippen LogP contribution >= 0.6 is 0 Å². The molecule has 0 saturated heterocycles. The molecule has 0 fully saturated rings. The standard InChI is InChI=1S/C14H17F15N/c1-30(2,8(16)6-4-3-5-7-15)14(28,29)12(23,24)10(19,20)9(17,18)11(21,22)13(25,26)27/h8H,3-7H2,1-2H3/q+1. The zero-order valence-corrected chi connectivity index (χ0v) is 15.2. The normalized spacial score (nSPS) is 16.7. The van der Waals surface area contributed by atoms with Crippen LogP contribution in [0, 0.1) is 0 Å². The molecule has 1 atom stereocenters. The third-order valence-corrected chi connectivity index (χ3v) is 4.42. The highest BCUT2D eigenvalue weighted by Crippen LogP contribution is 2.61. The molecule has 0 saturated carbocycles. The zero-order chi connectivity index (χ0) is 24.6. The Morgan fingerprint density at radius 1 is 0.600 bits per heavy atom. The van der Waals surface area contributed by atoms with Gasteiger partial charge in [0.15, 0.2) is 0 Å². The molecule has 0 aliphatic carbocycles. The van der Waals surface area contributed by atoms with Gasteiger partial charge in [-0.2, -0.15) is 52.7 Å². The lowest BCUT2D eigenvalue weighted by atomic mass is 9.95. The van der Waals surface area contributed by atoms with E-state index in [0.717, 1.165) is 0 Å². The van der Waals surface area contributed by atoms with Crippen molar-refractivity contribution in [2.75, 3.05) is 20.8 Å². The van der Waals surface area contributed by atoms with Crippen molar-refractivity contribution >= 4 is 0 Å². The summed E-state index contributed by atoms with van der Waals surface area (Å²) in [6, 6.07) is -6.58. The number of quaternary nitrogens is 1. The van der Waals surface area contributed by atoms with Crippen LogP contribution in [0.1, 0.15) is 25.7 Å². The molecule has 0 aliphatic rings. The van der Waals surface area contributed by atoms with Crippen molar-refractivity contribution in [3.63, 3.8) is 0 Å². The highest BCUT2D eigenvalue weighted by atomic mass is 19.4. The van der Waals surface area contributed by atoms with Crippen molar-refractivity contribution in [3.05, 3.63) is 0 Å². The molecule has 1 unspecified atom stereocenters. The van der Waals surface area contributed by atoms with Gasteiger partial charge in [-0.05, 0) is 12.8 Å². The third-order valence-electron chi connectivity index (χ3n) is 4.42. The van der Waals surface area contributed by atoms with E-state index in [1.807, 2.05) is 0 Å². The largest absolute Gasteiger partial charge is 0.463 e. The topological polar surface area (TPSA) is 0 Å². The fourth-order valence-electron chi connectivity index (χ4n) is 2.21. The lowest BCUT2D eigenvalue weighted by molar-refractivity contribution is -1.02. The van der Waals surface area contributed by atoms with Gasteiger partial charge in [0.25, 0.3) is 0 Å². The van der Waals surface area contributed by atoms with Crippen LogP contribution in [0.5, 0.6) is 0 Å². The summed E-state index contributed by atoms with van der Waals surface area (Å²) in [5.41, 5.74) is 0. The molecule has 0 amide bonds. The van der Waals surface area contributed by atoms with E-state index in [1.54, 1.807) is 0 Å². The number of hydrogen-bond donors (Lipinski definition) is 0. The highest BCUT2D eigenvalue weighted by Gasteiger charge is 2.93. The van der Waals surface area contributed by atoms with Crippen LogP contribution in [-0.2, 0) is 0 Å². The summed E-state index contributed by atoms with van der Waals surface area (Å²) in [7, 11) is -0.353. The molecule has 0 aromatic carbocycles. The Morgan fingerprint density at radius 3 is 1.37 bits per heavy atom. The van der Waals surface area contributed by atoms with Gasteiger partial charge in [-0.15, -0.1) is 8.78 Å². The minimum absolute atomic E-state index is 0.162. The van der Waals surface area contributed by atoms with E-state index in [0.29, 0.717) is 0 Å². The van der Waals surface area contributed by atoms with Gasteiger partial charge in [-0.1, -0.05) is 6.42 Å². The van der Waals surface area contributed by atoms with Crippen molar-refractivity contribution in [2.24, 2.45) is 0 Å². The molecular weight excluding hydrogens is 467 g/mol. The van der Waals surface area contributed by atoms with Crippen molar-refractivity contribution < 1.29 is 70.3 Å². The van der Waals surface area contributed by atoms with Crippen LogP contribution in [0.2, 0.25) is 0 Å². The van der Waals surface area contributed by atoms with E-state index < -0.39 is 66.2 Å². The van der Waals surface area contributed by atoms with E-state index in [-0.39, 0.29) is 26.9 Å². The Hall–Kier alpha value is -1.09. The van der Waals surface area contributed by atoms with Gasteiger partial charge in [0.2, 0.25) is 6.30 Å². The summed E-state index contributed by atoms with van der Waals surface area (Å²) >= 11 is 0. The third kappa shape index (κ3) is 4.29. The molecule has 30 heavy (non-hydrogen) atoms. The summed E-state index contributed by atoms with van der Waals surface area (Å²) in [6.07, 6.45) is -12.6. The van der Waals surface area contributed by atoms with Gasteiger partial charge in [0.05, 0.1) is 20.8 Å². The van der Waals surface area contributed by atoms with E-state index in [4.69, 9.17) is 0 Å². The second kappa shape index (κ2) is 8.45. The van der Waals surface area contributed by atoms with Crippen molar-refractivity contribution in [1.29, 1.82) is 0 Å². The molecule has 0 aromatic heterocycles. The Labute approximate surface area is 160 Å². The highest BCUT2D eigenvalue weighted by molar-refractivity contribution is 5.08. The van der Waals surface area contributed by atoms with Gasteiger partial charge in [0, 0.05) is 6.42 Å². The molecule has 0 spiro atoms. The summed E-state index contributed by atoms with van der Waals surface area (Å²) in [4.78, 5) is 0.